The van der Waals surface area contributed by atoms with Gasteiger partial charge >= 0.3 is 0 Å². The normalized spacial score (nSPS) is 19.9. The molecule has 0 atom stereocenters. The first-order valence-electron chi connectivity index (χ1n) is 30.9. The third-order valence-electron chi connectivity index (χ3n) is 21.3. The van der Waals surface area contributed by atoms with Crippen LogP contribution >= 0.6 is 0 Å². The lowest BCUT2D eigenvalue weighted by Crippen LogP contribution is -2.61. The minimum Gasteiger partial charge on any atom is -0.468 e. The van der Waals surface area contributed by atoms with Crippen molar-refractivity contribution in [1.29, 1.82) is 0 Å². The summed E-state index contributed by atoms with van der Waals surface area (Å²) in [4.78, 5) is 7.79. The van der Waals surface area contributed by atoms with Crippen molar-refractivity contribution in [3.8, 4) is 11.5 Å². The summed E-state index contributed by atoms with van der Waals surface area (Å²) in [6, 6.07) is 47.9. The second kappa shape index (κ2) is 17.0. The van der Waals surface area contributed by atoms with E-state index in [-0.39, 0.29) is 50.0 Å². The van der Waals surface area contributed by atoms with E-state index in [9.17, 15) is 0 Å². The third-order valence-corrected chi connectivity index (χ3v) is 21.3. The lowest BCUT2D eigenvalue weighted by atomic mass is 9.35. The molecule has 7 aromatic carbocycles. The Morgan fingerprint density at radius 3 is 1.49 bits per heavy atom. The molecule has 0 bridgehead atoms. The quantitative estimate of drug-likeness (QED) is 0.165. The predicted octanol–water partition coefficient (Wildman–Crippen LogP) is 19.7. The monoisotopic (exact) mass is 1080 g/mol. The zero-order valence-corrected chi connectivity index (χ0v) is 52.5. The maximum atomic E-state index is 7.85. The van der Waals surface area contributed by atoms with Crippen molar-refractivity contribution in [2.24, 2.45) is 0 Å². The maximum Gasteiger partial charge on any atom is 0.297 e. The first-order chi connectivity index (χ1) is 38.3. The summed E-state index contributed by atoms with van der Waals surface area (Å²) >= 11 is 0. The van der Waals surface area contributed by atoms with Gasteiger partial charge in [0.15, 0.2) is 11.5 Å². The van der Waals surface area contributed by atoms with Crippen LogP contribution in [0.25, 0.3) is 11.0 Å². The van der Waals surface area contributed by atoms with Gasteiger partial charge in [-0.05, 0) is 216 Å². The molecule has 6 aliphatic rings. The summed E-state index contributed by atoms with van der Waals surface area (Å²) in [7, 11) is 0. The number of ether oxygens (including phenoxy) is 1. The highest BCUT2D eigenvalue weighted by Gasteiger charge is 2.51. The van der Waals surface area contributed by atoms with Gasteiger partial charge < -0.3 is 23.9 Å². The van der Waals surface area contributed by atoms with Crippen LogP contribution in [0.5, 0.6) is 11.5 Å². The molecule has 0 unspecified atom stereocenters. The van der Waals surface area contributed by atoms with Crippen molar-refractivity contribution >= 4 is 85.5 Å². The largest absolute Gasteiger partial charge is 0.468 e. The van der Waals surface area contributed by atoms with Crippen LogP contribution in [0.3, 0.4) is 0 Å². The number of nitrogens with zero attached hydrogens (tertiary/aromatic N) is 3. The molecule has 6 heteroatoms. The van der Waals surface area contributed by atoms with Crippen LogP contribution in [-0.2, 0) is 43.3 Å². The minimum atomic E-state index is -0.214. The Morgan fingerprint density at radius 1 is 0.390 bits per heavy atom. The SMILES string of the molecule is CC(C)(C)c1ccc(N2c3cc(N4c5ccccc5Oc5cc(C(C)(C)C)ccc54)cc4c3B(c3cc5c(cc3N4c3ccc4c(c3)C(C)(C)CCC4(C)C)C(C)(C)CCC5(C)C)c3oc4cc5c(cc4c32)C(C)(C)CCC5(C)C)cc1. The van der Waals surface area contributed by atoms with E-state index in [4.69, 9.17) is 9.15 Å². The molecular weight excluding hydrogens is 998 g/mol. The van der Waals surface area contributed by atoms with E-state index in [1.165, 1.54) is 77.9 Å². The zero-order chi connectivity index (χ0) is 58.0. The number of fused-ring (bicyclic) bond motifs is 11. The highest BCUT2D eigenvalue weighted by atomic mass is 16.5. The van der Waals surface area contributed by atoms with Crippen LogP contribution < -0.4 is 36.0 Å². The molecule has 420 valence electrons. The molecule has 0 saturated carbocycles. The molecule has 82 heavy (non-hydrogen) atoms. The third kappa shape index (κ3) is 7.84. The summed E-state index contributed by atoms with van der Waals surface area (Å²) in [5.41, 5.74) is 25.9. The Kier molecular flexibility index (Phi) is 11.1. The van der Waals surface area contributed by atoms with Gasteiger partial charge in [-0.15, -0.1) is 0 Å². The van der Waals surface area contributed by atoms with Crippen LogP contribution in [0, 0.1) is 0 Å². The molecule has 0 saturated heterocycles. The fourth-order valence-electron chi connectivity index (χ4n) is 15.6. The molecule has 1 aromatic heterocycles. The van der Waals surface area contributed by atoms with Crippen molar-refractivity contribution in [2.45, 2.75) is 206 Å². The summed E-state index contributed by atoms with van der Waals surface area (Å²) in [6.45, 7) is 43.2. The average Bonchev–Trinajstić information content (AvgIpc) is 1.52. The van der Waals surface area contributed by atoms with E-state index in [0.29, 0.717) is 0 Å². The van der Waals surface area contributed by atoms with Crippen LogP contribution in [0.4, 0.5) is 51.2 Å². The van der Waals surface area contributed by atoms with Gasteiger partial charge in [-0.3, -0.25) is 0 Å². The van der Waals surface area contributed by atoms with Gasteiger partial charge in [0.05, 0.1) is 28.4 Å². The molecular formula is C76H86BN3O2. The Hall–Kier alpha value is -6.66. The van der Waals surface area contributed by atoms with Gasteiger partial charge in [0.25, 0.3) is 6.71 Å². The molecule has 0 radical (unpaired) electrons. The number of benzene rings is 7. The van der Waals surface area contributed by atoms with E-state index in [2.05, 4.69) is 261 Å². The minimum absolute atomic E-state index is 0.000220. The highest BCUT2D eigenvalue weighted by molar-refractivity contribution is 7.00. The van der Waals surface area contributed by atoms with Gasteiger partial charge in [0.1, 0.15) is 5.58 Å². The Bertz CT molecular complexity index is 4020. The second-order valence-corrected chi connectivity index (χ2v) is 31.8. The van der Waals surface area contributed by atoms with Crippen molar-refractivity contribution in [2.75, 3.05) is 14.7 Å². The molecule has 3 aliphatic carbocycles. The summed E-state index contributed by atoms with van der Waals surface area (Å²) in [5.74, 6) is 1.71. The lowest BCUT2D eigenvalue weighted by molar-refractivity contribution is 0.332. The van der Waals surface area contributed by atoms with E-state index in [1.807, 2.05) is 0 Å². The highest BCUT2D eigenvalue weighted by Crippen LogP contribution is 2.58. The number of rotatable bonds is 3. The van der Waals surface area contributed by atoms with Gasteiger partial charge in [-0.2, -0.15) is 0 Å². The predicted molar refractivity (Wildman–Crippen MR) is 348 cm³/mol. The van der Waals surface area contributed by atoms with Gasteiger partial charge in [0.2, 0.25) is 0 Å². The number of para-hydroxylation sites is 2. The van der Waals surface area contributed by atoms with Crippen LogP contribution in [-0.4, -0.2) is 6.71 Å². The first kappa shape index (κ1) is 53.4. The van der Waals surface area contributed by atoms with Crippen molar-refractivity contribution in [1.82, 2.24) is 0 Å². The molecule has 5 nitrogen and oxygen atoms in total. The fourth-order valence-corrected chi connectivity index (χ4v) is 15.6. The van der Waals surface area contributed by atoms with Gasteiger partial charge in [-0.25, -0.2) is 0 Å². The van der Waals surface area contributed by atoms with Crippen molar-refractivity contribution in [3.05, 3.63) is 166 Å². The number of hydrogen-bond acceptors (Lipinski definition) is 5. The lowest BCUT2D eigenvalue weighted by Gasteiger charge is -2.47. The molecule has 0 amide bonds. The van der Waals surface area contributed by atoms with Gasteiger partial charge in [-0.1, -0.05) is 167 Å². The summed E-state index contributed by atoms with van der Waals surface area (Å²) < 4.78 is 14.8. The van der Waals surface area contributed by atoms with Crippen LogP contribution in [0.1, 0.15) is 208 Å². The maximum absolute atomic E-state index is 7.85. The molecule has 0 N–H and O–H groups in total. The average molecular weight is 1080 g/mol. The van der Waals surface area contributed by atoms with Crippen molar-refractivity contribution in [3.63, 3.8) is 0 Å². The summed E-state index contributed by atoms with van der Waals surface area (Å²) in [5, 5.41) is 1.18. The number of anilines is 9. The van der Waals surface area contributed by atoms with E-state index in [1.54, 1.807) is 0 Å². The first-order valence-corrected chi connectivity index (χ1v) is 30.9. The van der Waals surface area contributed by atoms with Gasteiger partial charge in [0, 0.05) is 33.8 Å². The van der Waals surface area contributed by atoms with E-state index < -0.39 is 0 Å². The van der Waals surface area contributed by atoms with Crippen LogP contribution in [0.2, 0.25) is 0 Å². The Labute approximate surface area is 490 Å². The topological polar surface area (TPSA) is 32.1 Å². The number of furan rings is 1. The molecule has 0 spiro atoms. The van der Waals surface area contributed by atoms with Crippen molar-refractivity contribution < 1.29 is 9.15 Å². The molecule has 0 fully saturated rings. The molecule has 8 aromatic rings. The van der Waals surface area contributed by atoms with Crippen LogP contribution in [0.15, 0.2) is 126 Å². The Morgan fingerprint density at radius 2 is 0.878 bits per heavy atom. The standard InChI is InChI=1S/C76H86BN3O2/c1-69(2,3)45-23-26-47(27-24-45)80-62-40-49(79-58-21-19-20-22-63(58)81-65-37-46(70(4,5)6)25-30-59(65)79)39-61-66(62)77(68-67(80)50-41-53-56(44-64(50)82-68)76(17,18)36-33-73(53,11)12)57-42-54-55(75(15,16)35-34-74(54,13)14)43-60(57)78(61)48-28-29-51-52(38-48)72(9,10)32-31-71(51,7)8/h19-30,37-44H,31-36H2,1-18H3. The molecule has 4 heterocycles. The fraction of sp³-hybridized carbons (Fsp3) is 0.421. The summed E-state index contributed by atoms with van der Waals surface area (Å²) in [6.07, 6.45) is 6.83. The molecule has 3 aliphatic heterocycles. The zero-order valence-electron chi connectivity index (χ0n) is 52.5. The number of hydrogen-bond donors (Lipinski definition) is 0. The van der Waals surface area contributed by atoms with E-state index >= 15 is 0 Å². The smallest absolute Gasteiger partial charge is 0.297 e. The molecule has 14 rings (SSSR count). The Balaban J connectivity index is 1.15. The second-order valence-electron chi connectivity index (χ2n) is 31.8. The van der Waals surface area contributed by atoms with E-state index in [0.717, 1.165) is 95.4 Å².